The lowest BCUT2D eigenvalue weighted by Gasteiger charge is -2.17. The van der Waals surface area contributed by atoms with Crippen molar-refractivity contribution in [3.05, 3.63) is 52.4 Å². The second kappa shape index (κ2) is 7.09. The van der Waals surface area contributed by atoms with Crippen LogP contribution in [0.1, 0.15) is 34.6 Å². The number of nitrogens with one attached hydrogen (secondary N) is 1. The Hall–Kier alpha value is -2.63. The fraction of sp³-hybridized carbons (Fsp3) is 0.421. The van der Waals surface area contributed by atoms with Gasteiger partial charge in [0, 0.05) is 31.6 Å². The molecule has 1 aromatic heterocycles. The zero-order chi connectivity index (χ0) is 18.0. The van der Waals surface area contributed by atoms with Crippen molar-refractivity contribution in [3.63, 3.8) is 0 Å². The van der Waals surface area contributed by atoms with Crippen LogP contribution in [0, 0.1) is 26.7 Å². The van der Waals surface area contributed by atoms with Gasteiger partial charge < -0.3 is 14.7 Å². The Labute approximate surface area is 147 Å². The second-order valence-electron chi connectivity index (χ2n) is 6.68. The van der Waals surface area contributed by atoms with Gasteiger partial charge in [0.25, 0.3) is 0 Å². The summed E-state index contributed by atoms with van der Waals surface area (Å²) in [5.41, 5.74) is 3.94. The Morgan fingerprint density at radius 3 is 2.64 bits per heavy atom. The molecule has 0 aliphatic carbocycles. The van der Waals surface area contributed by atoms with Crippen LogP contribution >= 0.6 is 0 Å². The zero-order valence-electron chi connectivity index (χ0n) is 14.8. The quantitative estimate of drug-likeness (QED) is 0.905. The number of aromatic nitrogens is 1. The molecule has 1 aliphatic heterocycles. The first-order valence-corrected chi connectivity index (χ1v) is 8.47. The van der Waals surface area contributed by atoms with Crippen LogP contribution in [0.5, 0.6) is 0 Å². The van der Waals surface area contributed by atoms with Crippen molar-refractivity contribution >= 4 is 11.8 Å². The highest BCUT2D eigenvalue weighted by Gasteiger charge is 2.34. The van der Waals surface area contributed by atoms with E-state index in [0.717, 1.165) is 16.8 Å². The molecule has 2 amide bonds. The number of hydrogen-bond acceptors (Lipinski definition) is 4. The first-order chi connectivity index (χ1) is 11.9. The largest absolute Gasteiger partial charge is 0.361 e. The van der Waals surface area contributed by atoms with Crippen molar-refractivity contribution < 1.29 is 14.1 Å². The van der Waals surface area contributed by atoms with E-state index in [4.69, 9.17) is 4.52 Å². The van der Waals surface area contributed by atoms with Crippen LogP contribution in [-0.2, 0) is 22.7 Å². The Kier molecular flexibility index (Phi) is 4.88. The molecule has 3 rings (SSSR count). The number of aryl methyl sites for hydroxylation is 3. The number of nitrogens with zero attached hydrogens (tertiary/aromatic N) is 2. The first kappa shape index (κ1) is 17.2. The lowest BCUT2D eigenvalue weighted by molar-refractivity contribution is -0.129. The predicted molar refractivity (Wildman–Crippen MR) is 92.5 cm³/mol. The molecular formula is C19H23N3O3. The summed E-state index contributed by atoms with van der Waals surface area (Å²) in [6.45, 7) is 7.09. The van der Waals surface area contributed by atoms with Crippen molar-refractivity contribution in [2.24, 2.45) is 5.92 Å². The molecule has 6 heteroatoms. The van der Waals surface area contributed by atoms with Crippen molar-refractivity contribution in [1.29, 1.82) is 0 Å². The summed E-state index contributed by atoms with van der Waals surface area (Å²) < 4.78 is 5.10. The van der Waals surface area contributed by atoms with Crippen LogP contribution in [0.3, 0.4) is 0 Å². The topological polar surface area (TPSA) is 75.4 Å². The molecule has 25 heavy (non-hydrogen) atoms. The minimum absolute atomic E-state index is 0.0260. The maximum absolute atomic E-state index is 12.4. The summed E-state index contributed by atoms with van der Waals surface area (Å²) in [5.74, 6) is 0.331. The molecular weight excluding hydrogens is 318 g/mol. The van der Waals surface area contributed by atoms with Crippen LogP contribution in [-0.4, -0.2) is 28.4 Å². The van der Waals surface area contributed by atoms with Gasteiger partial charge in [-0.2, -0.15) is 0 Å². The van der Waals surface area contributed by atoms with Crippen LogP contribution in [0.25, 0.3) is 0 Å². The van der Waals surface area contributed by atoms with Gasteiger partial charge >= 0.3 is 0 Å². The summed E-state index contributed by atoms with van der Waals surface area (Å²) >= 11 is 0. The molecule has 1 saturated heterocycles. The SMILES string of the molecule is Cc1ccc(CN2C[C@H](C(=O)NCc3c(C)noc3C)CC2=O)cc1. The van der Waals surface area contributed by atoms with Gasteiger partial charge in [0.1, 0.15) is 5.76 Å². The van der Waals surface area contributed by atoms with Crippen LogP contribution in [0.2, 0.25) is 0 Å². The molecule has 1 N–H and O–H groups in total. The van der Waals surface area contributed by atoms with E-state index in [9.17, 15) is 9.59 Å². The third-order valence-corrected chi connectivity index (χ3v) is 4.70. The van der Waals surface area contributed by atoms with Gasteiger partial charge in [-0.1, -0.05) is 35.0 Å². The van der Waals surface area contributed by atoms with Crippen molar-refractivity contribution in [3.8, 4) is 0 Å². The highest BCUT2D eigenvalue weighted by Crippen LogP contribution is 2.21. The average molecular weight is 341 g/mol. The van der Waals surface area contributed by atoms with E-state index in [1.807, 2.05) is 45.0 Å². The van der Waals surface area contributed by atoms with Gasteiger partial charge in [-0.3, -0.25) is 9.59 Å². The van der Waals surface area contributed by atoms with Crippen molar-refractivity contribution in [2.75, 3.05) is 6.54 Å². The second-order valence-corrected chi connectivity index (χ2v) is 6.68. The summed E-state index contributed by atoms with van der Waals surface area (Å²) in [4.78, 5) is 26.4. The van der Waals surface area contributed by atoms with Gasteiger partial charge in [0.15, 0.2) is 0 Å². The zero-order valence-corrected chi connectivity index (χ0v) is 14.8. The molecule has 2 aromatic rings. The Bertz CT molecular complexity index is 760. The molecule has 6 nitrogen and oxygen atoms in total. The number of rotatable bonds is 5. The van der Waals surface area contributed by atoms with Gasteiger partial charge in [0.05, 0.1) is 11.6 Å². The van der Waals surface area contributed by atoms with E-state index in [1.165, 1.54) is 5.56 Å². The number of likely N-dealkylation sites (tertiary alicyclic amines) is 1. The standard InChI is InChI=1S/C19H23N3O3/c1-12-4-6-15(7-5-12)10-22-11-16(8-18(22)23)19(24)20-9-17-13(2)21-25-14(17)3/h4-7,16H,8-11H2,1-3H3,(H,20,24)/t16-/m1/s1. The average Bonchev–Trinajstić information content (AvgIpc) is 3.11. The smallest absolute Gasteiger partial charge is 0.225 e. The fourth-order valence-corrected chi connectivity index (χ4v) is 3.09. The third kappa shape index (κ3) is 3.90. The van der Waals surface area contributed by atoms with Gasteiger partial charge in [-0.05, 0) is 26.3 Å². The van der Waals surface area contributed by atoms with Crippen LogP contribution in [0.4, 0.5) is 0 Å². The monoisotopic (exact) mass is 341 g/mol. The lowest BCUT2D eigenvalue weighted by atomic mass is 10.1. The number of benzene rings is 1. The van der Waals surface area contributed by atoms with E-state index in [1.54, 1.807) is 4.90 Å². The predicted octanol–water partition coefficient (Wildman–Crippen LogP) is 2.26. The first-order valence-electron chi connectivity index (χ1n) is 8.47. The molecule has 0 bridgehead atoms. The fourth-order valence-electron chi connectivity index (χ4n) is 3.09. The summed E-state index contributed by atoms with van der Waals surface area (Å²) in [5, 5.41) is 6.78. The maximum atomic E-state index is 12.4. The van der Waals surface area contributed by atoms with E-state index < -0.39 is 0 Å². The minimum atomic E-state index is -0.307. The highest BCUT2D eigenvalue weighted by molar-refractivity contribution is 5.89. The van der Waals surface area contributed by atoms with Crippen molar-refractivity contribution in [2.45, 2.75) is 40.3 Å². The summed E-state index contributed by atoms with van der Waals surface area (Å²) in [7, 11) is 0. The maximum Gasteiger partial charge on any atom is 0.225 e. The summed E-state index contributed by atoms with van der Waals surface area (Å²) in [6, 6.07) is 8.11. The summed E-state index contributed by atoms with van der Waals surface area (Å²) in [6.07, 6.45) is 0.263. The molecule has 1 fully saturated rings. The van der Waals surface area contributed by atoms with Gasteiger partial charge in [-0.25, -0.2) is 0 Å². The highest BCUT2D eigenvalue weighted by atomic mass is 16.5. The number of carbonyl (C=O) groups excluding carboxylic acids is 2. The van der Waals surface area contributed by atoms with Crippen LogP contribution < -0.4 is 5.32 Å². The Morgan fingerprint density at radius 2 is 2.00 bits per heavy atom. The molecule has 1 atom stereocenters. The van der Waals surface area contributed by atoms with E-state index in [0.29, 0.717) is 25.4 Å². The van der Waals surface area contributed by atoms with E-state index >= 15 is 0 Å². The normalized spacial score (nSPS) is 17.2. The molecule has 0 unspecified atom stereocenters. The Morgan fingerprint density at radius 1 is 1.28 bits per heavy atom. The van der Waals surface area contributed by atoms with E-state index in [-0.39, 0.29) is 24.2 Å². The molecule has 0 saturated carbocycles. The minimum Gasteiger partial charge on any atom is -0.361 e. The molecule has 1 aromatic carbocycles. The number of amides is 2. The van der Waals surface area contributed by atoms with E-state index in [2.05, 4.69) is 10.5 Å². The molecule has 2 heterocycles. The third-order valence-electron chi connectivity index (χ3n) is 4.70. The number of hydrogen-bond donors (Lipinski definition) is 1. The van der Waals surface area contributed by atoms with Crippen LogP contribution in [0.15, 0.2) is 28.8 Å². The van der Waals surface area contributed by atoms with Crippen molar-refractivity contribution in [1.82, 2.24) is 15.4 Å². The Balaban J connectivity index is 1.56. The lowest BCUT2D eigenvalue weighted by Crippen LogP contribution is -2.32. The van der Waals surface area contributed by atoms with Gasteiger partial charge in [-0.15, -0.1) is 0 Å². The molecule has 0 radical (unpaired) electrons. The molecule has 132 valence electrons. The van der Waals surface area contributed by atoms with Gasteiger partial charge in [0.2, 0.25) is 11.8 Å². The molecule has 1 aliphatic rings. The molecule has 0 spiro atoms. The number of carbonyl (C=O) groups is 2.